The van der Waals surface area contributed by atoms with Gasteiger partial charge in [0.05, 0.1) is 14.9 Å². The molecule has 1 aromatic carbocycles. The average Bonchev–Trinajstić information content (AvgIpc) is 2.56. The Labute approximate surface area is 152 Å². The van der Waals surface area contributed by atoms with Gasteiger partial charge in [0, 0.05) is 25.0 Å². The van der Waals surface area contributed by atoms with E-state index in [2.05, 4.69) is 11.3 Å². The second-order valence-corrected chi connectivity index (χ2v) is 9.97. The third-order valence-electron chi connectivity index (χ3n) is 3.80. The van der Waals surface area contributed by atoms with Crippen molar-refractivity contribution in [2.75, 3.05) is 19.6 Å². The highest BCUT2D eigenvalue weighted by Crippen LogP contribution is 2.28. The number of piperidine rings is 1. The maximum Gasteiger partial charge on any atom is 0.243 e. The van der Waals surface area contributed by atoms with Crippen LogP contribution in [0.4, 0.5) is 0 Å². The van der Waals surface area contributed by atoms with Gasteiger partial charge in [0.25, 0.3) is 0 Å². The van der Waals surface area contributed by atoms with Gasteiger partial charge in [-0.1, -0.05) is 29.8 Å². The summed E-state index contributed by atoms with van der Waals surface area (Å²) in [5.74, 6) is -0.106. The molecule has 1 saturated heterocycles. The Bertz CT molecular complexity index is 825. The molecule has 1 unspecified atom stereocenters. The van der Waals surface area contributed by atoms with Gasteiger partial charge in [0.1, 0.15) is 0 Å². The fourth-order valence-corrected chi connectivity index (χ4v) is 5.02. The van der Waals surface area contributed by atoms with Crippen LogP contribution in [0.1, 0.15) is 12.8 Å². The first kappa shape index (κ1) is 19.7. The van der Waals surface area contributed by atoms with Gasteiger partial charge in [-0.15, -0.1) is 0 Å². The lowest BCUT2D eigenvalue weighted by molar-refractivity contribution is 0.267. The maximum absolute atomic E-state index is 12.7. The lowest BCUT2D eigenvalue weighted by Gasteiger charge is -2.32. The van der Waals surface area contributed by atoms with Crippen molar-refractivity contribution < 1.29 is 16.8 Å². The molecule has 10 heteroatoms. The number of benzene rings is 1. The van der Waals surface area contributed by atoms with Crippen LogP contribution in [0.5, 0.6) is 0 Å². The zero-order chi connectivity index (χ0) is 18.0. The minimum absolute atomic E-state index is 0.0734. The van der Waals surface area contributed by atoms with Gasteiger partial charge in [-0.25, -0.2) is 21.6 Å². The first-order valence-corrected chi connectivity index (χ1v) is 11.0. The van der Waals surface area contributed by atoms with E-state index < -0.39 is 20.0 Å². The van der Waals surface area contributed by atoms with E-state index in [0.717, 1.165) is 11.8 Å². The van der Waals surface area contributed by atoms with Crippen LogP contribution >= 0.6 is 23.2 Å². The van der Waals surface area contributed by atoms with E-state index in [1.54, 1.807) is 0 Å². The summed E-state index contributed by atoms with van der Waals surface area (Å²) in [5, 5.41) is 1.29. The molecule has 0 aromatic heterocycles. The summed E-state index contributed by atoms with van der Waals surface area (Å²) in [6, 6.07) is 4.17. The van der Waals surface area contributed by atoms with Crippen LogP contribution in [0, 0.1) is 5.92 Å². The van der Waals surface area contributed by atoms with Crippen LogP contribution < -0.4 is 4.72 Å². The summed E-state index contributed by atoms with van der Waals surface area (Å²) in [4.78, 5) is 0.0734. The van der Waals surface area contributed by atoms with E-state index in [9.17, 15) is 16.8 Å². The van der Waals surface area contributed by atoms with Crippen molar-refractivity contribution in [3.63, 3.8) is 0 Å². The van der Waals surface area contributed by atoms with Crippen LogP contribution in [-0.2, 0) is 20.0 Å². The third kappa shape index (κ3) is 4.71. The molecule has 1 fully saturated rings. The largest absolute Gasteiger partial charge is 0.243 e. The maximum atomic E-state index is 12.7. The fraction of sp³-hybridized carbons (Fsp3) is 0.429. The highest BCUT2D eigenvalue weighted by molar-refractivity contribution is 7.92. The van der Waals surface area contributed by atoms with Crippen molar-refractivity contribution in [2.24, 2.45) is 5.92 Å². The molecule has 1 aromatic rings. The number of rotatable bonds is 6. The van der Waals surface area contributed by atoms with Crippen molar-refractivity contribution in [3.05, 3.63) is 40.2 Å². The first-order valence-electron chi connectivity index (χ1n) is 7.23. The smallest absolute Gasteiger partial charge is 0.211 e. The SMILES string of the molecule is C=CS(=O)(=O)NCC1CCCN(S(=O)(=O)c2ccc(Cl)c(Cl)c2)C1. The second-order valence-electron chi connectivity index (χ2n) is 5.51. The summed E-state index contributed by atoms with van der Waals surface area (Å²) >= 11 is 11.7. The van der Waals surface area contributed by atoms with E-state index in [1.165, 1.54) is 22.5 Å². The molecule has 0 spiro atoms. The number of hydrogen-bond acceptors (Lipinski definition) is 4. The Kier molecular flexibility index (Phi) is 6.33. The number of halogens is 2. The monoisotopic (exact) mass is 412 g/mol. The zero-order valence-corrected chi connectivity index (χ0v) is 15.9. The van der Waals surface area contributed by atoms with E-state index in [4.69, 9.17) is 23.2 Å². The van der Waals surface area contributed by atoms with Gasteiger partial charge in [-0.3, -0.25) is 0 Å². The van der Waals surface area contributed by atoms with Crippen molar-refractivity contribution in [2.45, 2.75) is 17.7 Å². The van der Waals surface area contributed by atoms with Crippen LogP contribution in [0.2, 0.25) is 10.0 Å². The molecule has 24 heavy (non-hydrogen) atoms. The van der Waals surface area contributed by atoms with Gasteiger partial charge in [0.2, 0.25) is 20.0 Å². The molecule has 0 aliphatic carbocycles. The van der Waals surface area contributed by atoms with Crippen molar-refractivity contribution >= 4 is 43.2 Å². The quantitative estimate of drug-likeness (QED) is 0.777. The minimum atomic E-state index is -3.70. The molecule has 1 aliphatic heterocycles. The fourth-order valence-electron chi connectivity index (χ4n) is 2.49. The molecule has 1 heterocycles. The van der Waals surface area contributed by atoms with Gasteiger partial charge in [-0.2, -0.15) is 4.31 Å². The highest BCUT2D eigenvalue weighted by Gasteiger charge is 2.30. The summed E-state index contributed by atoms with van der Waals surface area (Å²) in [6.45, 7) is 4.01. The predicted molar refractivity (Wildman–Crippen MR) is 95.1 cm³/mol. The lowest BCUT2D eigenvalue weighted by Crippen LogP contribution is -2.43. The Hall–Kier alpha value is -0.640. The Balaban J connectivity index is 2.13. The molecular formula is C14H18Cl2N2O4S2. The average molecular weight is 413 g/mol. The topological polar surface area (TPSA) is 83.6 Å². The van der Waals surface area contributed by atoms with Crippen LogP contribution in [-0.4, -0.2) is 40.8 Å². The van der Waals surface area contributed by atoms with Crippen molar-refractivity contribution in [1.29, 1.82) is 0 Å². The minimum Gasteiger partial charge on any atom is -0.211 e. The number of nitrogens with zero attached hydrogens (tertiary/aromatic N) is 1. The normalized spacial score (nSPS) is 20.0. The summed E-state index contributed by atoms with van der Waals surface area (Å²) in [7, 11) is -7.22. The summed E-state index contributed by atoms with van der Waals surface area (Å²) in [6.07, 6.45) is 1.40. The summed E-state index contributed by atoms with van der Waals surface area (Å²) < 4.78 is 52.0. The van der Waals surface area contributed by atoms with Crippen molar-refractivity contribution in [1.82, 2.24) is 9.03 Å². The Morgan fingerprint density at radius 1 is 1.25 bits per heavy atom. The second kappa shape index (κ2) is 7.72. The van der Waals surface area contributed by atoms with E-state index in [0.29, 0.717) is 13.0 Å². The molecule has 6 nitrogen and oxygen atoms in total. The standard InChI is InChI=1S/C14H18Cl2N2O4S2/c1-2-23(19,20)17-9-11-4-3-7-18(10-11)24(21,22)12-5-6-13(15)14(16)8-12/h2,5-6,8,11,17H,1,3-4,7,9-10H2. The molecule has 0 saturated carbocycles. The first-order chi connectivity index (χ1) is 11.2. The van der Waals surface area contributed by atoms with Gasteiger partial charge in [0.15, 0.2) is 0 Å². The third-order valence-corrected chi connectivity index (χ3v) is 7.41. The Morgan fingerprint density at radius 3 is 2.58 bits per heavy atom. The van der Waals surface area contributed by atoms with E-state index >= 15 is 0 Å². The van der Waals surface area contributed by atoms with Crippen LogP contribution in [0.3, 0.4) is 0 Å². The molecule has 134 valence electrons. The van der Waals surface area contributed by atoms with Gasteiger partial charge >= 0.3 is 0 Å². The molecule has 0 bridgehead atoms. The molecule has 1 aliphatic rings. The Morgan fingerprint density at radius 2 is 1.96 bits per heavy atom. The molecule has 1 atom stereocenters. The molecule has 0 amide bonds. The lowest BCUT2D eigenvalue weighted by atomic mass is 10.0. The molecule has 2 rings (SSSR count). The number of nitrogens with one attached hydrogen (secondary N) is 1. The predicted octanol–water partition coefficient (Wildman–Crippen LogP) is 2.46. The molecular weight excluding hydrogens is 395 g/mol. The van der Waals surface area contributed by atoms with Crippen LogP contribution in [0.15, 0.2) is 35.1 Å². The number of hydrogen-bond donors (Lipinski definition) is 1. The highest BCUT2D eigenvalue weighted by atomic mass is 35.5. The van der Waals surface area contributed by atoms with Crippen LogP contribution in [0.25, 0.3) is 0 Å². The zero-order valence-electron chi connectivity index (χ0n) is 12.8. The number of sulfonamides is 2. The van der Waals surface area contributed by atoms with E-state index in [-0.39, 0.29) is 33.9 Å². The van der Waals surface area contributed by atoms with E-state index in [1.807, 2.05) is 0 Å². The summed E-state index contributed by atoms with van der Waals surface area (Å²) in [5.41, 5.74) is 0. The van der Waals surface area contributed by atoms with Gasteiger partial charge in [-0.05, 0) is 37.0 Å². The van der Waals surface area contributed by atoms with Gasteiger partial charge < -0.3 is 0 Å². The molecule has 1 N–H and O–H groups in total. The van der Waals surface area contributed by atoms with Crippen molar-refractivity contribution in [3.8, 4) is 0 Å². The molecule has 0 radical (unpaired) electrons.